The maximum absolute atomic E-state index is 12.2. The predicted molar refractivity (Wildman–Crippen MR) is 56.8 cm³/mol. The van der Waals surface area contributed by atoms with Crippen LogP contribution >= 0.6 is 0 Å². The van der Waals surface area contributed by atoms with Gasteiger partial charge in [-0.15, -0.1) is 0 Å². The molecule has 0 amide bonds. The van der Waals surface area contributed by atoms with Gasteiger partial charge >= 0.3 is 0 Å². The van der Waals surface area contributed by atoms with Crippen LogP contribution in [-0.4, -0.2) is 27.7 Å². The summed E-state index contributed by atoms with van der Waals surface area (Å²) in [6, 6.07) is 5.21. The van der Waals surface area contributed by atoms with Crippen LogP contribution in [0, 0.1) is 0 Å². The number of pyridine rings is 1. The van der Waals surface area contributed by atoms with Crippen molar-refractivity contribution in [1.29, 1.82) is 0 Å². The third-order valence-electron chi connectivity index (χ3n) is 2.20. The van der Waals surface area contributed by atoms with Crippen LogP contribution in [0.3, 0.4) is 0 Å². The lowest BCUT2D eigenvalue weighted by Crippen LogP contribution is -2.05. The van der Waals surface area contributed by atoms with E-state index < -0.39 is 6.67 Å². The van der Waals surface area contributed by atoms with Gasteiger partial charge in [0.25, 0.3) is 0 Å². The summed E-state index contributed by atoms with van der Waals surface area (Å²) in [4.78, 5) is 14.6. The topological polar surface area (TPSA) is 47.8 Å². The van der Waals surface area contributed by atoms with Crippen molar-refractivity contribution in [3.05, 3.63) is 36.3 Å². The minimum Gasteiger partial charge on any atom is -0.296 e. The van der Waals surface area contributed by atoms with Crippen LogP contribution in [0.2, 0.25) is 0 Å². The first-order chi connectivity index (χ1) is 7.85. The third-order valence-corrected chi connectivity index (χ3v) is 2.20. The molecule has 0 spiro atoms. The monoisotopic (exact) mass is 219 g/mol. The zero-order chi connectivity index (χ0) is 11.4. The summed E-state index contributed by atoms with van der Waals surface area (Å²) in [6.07, 6.45) is 3.96. The number of hydrogen-bond acceptors (Lipinski definition) is 3. The maximum atomic E-state index is 12.2. The first-order valence-electron chi connectivity index (χ1n) is 4.84. The number of alkyl halides is 1. The molecule has 0 aliphatic heterocycles. The molecule has 0 aliphatic carbocycles. The second kappa shape index (κ2) is 4.65. The Bertz CT molecular complexity index is 481. The number of rotatable bonds is 4. The molecule has 5 heteroatoms. The fraction of sp³-hybridized carbons (Fsp3) is 0.182. The summed E-state index contributed by atoms with van der Waals surface area (Å²) >= 11 is 0. The predicted octanol–water partition coefficient (Wildman–Crippen LogP) is 1.73. The second-order valence-electron chi connectivity index (χ2n) is 3.22. The molecule has 0 saturated carbocycles. The summed E-state index contributed by atoms with van der Waals surface area (Å²) < 4.78 is 13.6. The molecule has 0 radical (unpaired) electrons. The van der Waals surface area contributed by atoms with Crippen molar-refractivity contribution in [3.8, 4) is 11.3 Å². The summed E-state index contributed by atoms with van der Waals surface area (Å²) in [5.74, 6) is 0. The molecule has 0 bridgehead atoms. The Morgan fingerprint density at radius 3 is 2.75 bits per heavy atom. The van der Waals surface area contributed by atoms with Gasteiger partial charge < -0.3 is 0 Å². The fourth-order valence-corrected chi connectivity index (χ4v) is 1.45. The average molecular weight is 219 g/mol. The Morgan fingerprint density at radius 2 is 2.12 bits per heavy atom. The Morgan fingerprint density at radius 1 is 1.38 bits per heavy atom. The van der Waals surface area contributed by atoms with Gasteiger partial charge in [-0.3, -0.25) is 14.5 Å². The summed E-state index contributed by atoms with van der Waals surface area (Å²) in [5.41, 5.74) is 1.89. The molecule has 0 aromatic carbocycles. The van der Waals surface area contributed by atoms with Crippen molar-refractivity contribution >= 4 is 6.29 Å². The normalized spacial score (nSPS) is 10.3. The van der Waals surface area contributed by atoms with Crippen LogP contribution in [0.15, 0.2) is 30.6 Å². The molecular formula is C11H10FN3O. The summed E-state index contributed by atoms with van der Waals surface area (Å²) in [6.45, 7) is -0.447. The molecule has 0 unspecified atom stereocenters. The molecule has 0 N–H and O–H groups in total. The van der Waals surface area contributed by atoms with Crippen LogP contribution in [0.4, 0.5) is 4.39 Å². The molecule has 2 aromatic rings. The molecule has 4 nitrogen and oxygen atoms in total. The zero-order valence-corrected chi connectivity index (χ0v) is 8.51. The molecule has 2 heterocycles. The molecule has 0 aliphatic rings. The van der Waals surface area contributed by atoms with Crippen molar-refractivity contribution in [1.82, 2.24) is 14.8 Å². The zero-order valence-electron chi connectivity index (χ0n) is 8.51. The number of aromatic nitrogens is 3. The molecule has 0 saturated heterocycles. The van der Waals surface area contributed by atoms with E-state index in [-0.39, 0.29) is 6.54 Å². The fourth-order valence-electron chi connectivity index (χ4n) is 1.45. The Hall–Kier alpha value is -2.04. The molecule has 0 atom stereocenters. The Balaban J connectivity index is 2.40. The van der Waals surface area contributed by atoms with E-state index in [1.807, 2.05) is 0 Å². The lowest BCUT2D eigenvalue weighted by molar-refractivity contribution is 0.111. The SMILES string of the molecule is O=Cc1cc(-c2ccncc2)nn1CCF. The number of nitrogens with zero attached hydrogens (tertiary/aromatic N) is 3. The van der Waals surface area contributed by atoms with Crippen molar-refractivity contribution in [2.24, 2.45) is 0 Å². The van der Waals surface area contributed by atoms with Gasteiger partial charge in [0, 0.05) is 18.0 Å². The highest BCUT2D eigenvalue weighted by Gasteiger charge is 2.08. The maximum Gasteiger partial charge on any atom is 0.168 e. The molecule has 16 heavy (non-hydrogen) atoms. The quantitative estimate of drug-likeness (QED) is 0.736. The van der Waals surface area contributed by atoms with Gasteiger partial charge in [-0.25, -0.2) is 4.39 Å². The van der Waals surface area contributed by atoms with Gasteiger partial charge in [0.1, 0.15) is 12.4 Å². The molecular weight excluding hydrogens is 209 g/mol. The smallest absolute Gasteiger partial charge is 0.168 e. The van der Waals surface area contributed by atoms with Crippen LogP contribution in [-0.2, 0) is 6.54 Å². The van der Waals surface area contributed by atoms with Gasteiger partial charge in [0.2, 0.25) is 0 Å². The standard InChI is InChI=1S/C11H10FN3O/c12-3-6-15-10(8-16)7-11(14-15)9-1-4-13-5-2-9/h1-2,4-5,7-8H,3,6H2. The number of halogens is 1. The first kappa shape index (κ1) is 10.5. The first-order valence-corrected chi connectivity index (χ1v) is 4.84. The van der Waals surface area contributed by atoms with Crippen molar-refractivity contribution in [2.75, 3.05) is 6.67 Å². The minimum atomic E-state index is -0.543. The Kier molecular flexibility index (Phi) is 3.05. The second-order valence-corrected chi connectivity index (χ2v) is 3.22. The molecule has 82 valence electrons. The van der Waals surface area contributed by atoms with E-state index in [1.165, 1.54) is 4.68 Å². The number of aldehydes is 1. The highest BCUT2D eigenvalue weighted by molar-refractivity contribution is 5.75. The van der Waals surface area contributed by atoms with Crippen molar-refractivity contribution in [3.63, 3.8) is 0 Å². The summed E-state index contributed by atoms with van der Waals surface area (Å²) in [5, 5.41) is 4.16. The lowest BCUT2D eigenvalue weighted by Gasteiger charge is -1.97. The van der Waals surface area contributed by atoms with E-state index in [2.05, 4.69) is 10.1 Å². The van der Waals surface area contributed by atoms with Gasteiger partial charge in [0.15, 0.2) is 6.29 Å². The Labute approximate surface area is 91.7 Å². The van der Waals surface area contributed by atoms with E-state index in [0.717, 1.165) is 5.56 Å². The van der Waals surface area contributed by atoms with Crippen molar-refractivity contribution in [2.45, 2.75) is 6.54 Å². The van der Waals surface area contributed by atoms with Gasteiger partial charge in [-0.2, -0.15) is 5.10 Å². The van der Waals surface area contributed by atoms with E-state index in [1.54, 1.807) is 30.6 Å². The average Bonchev–Trinajstić information content (AvgIpc) is 2.74. The van der Waals surface area contributed by atoms with E-state index in [4.69, 9.17) is 0 Å². The van der Waals surface area contributed by atoms with Crippen molar-refractivity contribution < 1.29 is 9.18 Å². The highest BCUT2D eigenvalue weighted by Crippen LogP contribution is 2.17. The van der Waals surface area contributed by atoms with Gasteiger partial charge in [-0.1, -0.05) is 0 Å². The molecule has 2 rings (SSSR count). The number of carbonyl (C=O) groups excluding carboxylic acids is 1. The van der Waals surface area contributed by atoms with Crippen LogP contribution in [0.1, 0.15) is 10.5 Å². The van der Waals surface area contributed by atoms with Crippen LogP contribution in [0.25, 0.3) is 11.3 Å². The largest absolute Gasteiger partial charge is 0.296 e. The summed E-state index contributed by atoms with van der Waals surface area (Å²) in [7, 11) is 0. The minimum absolute atomic E-state index is 0.0964. The van der Waals surface area contributed by atoms with Gasteiger partial charge in [0.05, 0.1) is 12.2 Å². The van der Waals surface area contributed by atoms with E-state index >= 15 is 0 Å². The van der Waals surface area contributed by atoms with Crippen LogP contribution in [0.5, 0.6) is 0 Å². The molecule has 2 aromatic heterocycles. The third kappa shape index (κ3) is 1.98. The van der Waals surface area contributed by atoms with E-state index in [0.29, 0.717) is 17.7 Å². The van der Waals surface area contributed by atoms with Gasteiger partial charge in [-0.05, 0) is 18.2 Å². The lowest BCUT2D eigenvalue weighted by atomic mass is 10.2. The van der Waals surface area contributed by atoms with Crippen LogP contribution < -0.4 is 0 Å². The number of aryl methyl sites for hydroxylation is 1. The molecule has 0 fully saturated rings. The number of carbonyl (C=O) groups is 1. The number of hydrogen-bond donors (Lipinski definition) is 0. The highest BCUT2D eigenvalue weighted by atomic mass is 19.1. The van der Waals surface area contributed by atoms with E-state index in [9.17, 15) is 9.18 Å².